The molecule has 0 amide bonds. The molecular weight excluding hydrogens is 218 g/mol. The van der Waals surface area contributed by atoms with Crippen LogP contribution in [0.25, 0.3) is 0 Å². The van der Waals surface area contributed by atoms with Gasteiger partial charge in [0.2, 0.25) is 0 Å². The molecule has 0 aromatic carbocycles. The summed E-state index contributed by atoms with van der Waals surface area (Å²) in [6, 6.07) is 0. The SMILES string of the molecule is CC(C)(C)BC(C)(C)OC(=O)OBC(C)(C)O. The summed E-state index contributed by atoms with van der Waals surface area (Å²) in [6.45, 7) is 13.1. The Kier molecular flexibility index (Phi) is 5.14. The molecule has 0 aromatic heterocycles. The normalized spacial score (nSPS) is 12.9. The second-order valence-electron chi connectivity index (χ2n) is 6.95. The third-order valence-electron chi connectivity index (χ3n) is 1.86. The van der Waals surface area contributed by atoms with Crippen molar-refractivity contribution in [3.63, 3.8) is 0 Å². The van der Waals surface area contributed by atoms with Gasteiger partial charge in [-0.2, -0.15) is 0 Å². The van der Waals surface area contributed by atoms with E-state index in [0.29, 0.717) is 0 Å². The Morgan fingerprint density at radius 2 is 1.53 bits per heavy atom. The van der Waals surface area contributed by atoms with Crippen molar-refractivity contribution in [3.8, 4) is 0 Å². The minimum absolute atomic E-state index is 0.0695. The fourth-order valence-electron chi connectivity index (χ4n) is 1.80. The summed E-state index contributed by atoms with van der Waals surface area (Å²) in [7, 11) is 0.662. The lowest BCUT2D eigenvalue weighted by Gasteiger charge is -2.30. The molecule has 0 spiro atoms. The van der Waals surface area contributed by atoms with Gasteiger partial charge in [-0.1, -0.05) is 26.1 Å². The fraction of sp³-hybridized carbons (Fsp3) is 0.909. The molecule has 6 heteroatoms. The minimum Gasteiger partial charge on any atom is -0.506 e. The van der Waals surface area contributed by atoms with Crippen molar-refractivity contribution in [2.24, 2.45) is 0 Å². The first-order valence-electron chi connectivity index (χ1n) is 5.89. The van der Waals surface area contributed by atoms with E-state index in [9.17, 15) is 9.90 Å². The summed E-state index contributed by atoms with van der Waals surface area (Å²) in [5, 5.41) is 9.49. The molecule has 0 saturated heterocycles. The topological polar surface area (TPSA) is 55.8 Å². The molecule has 0 aliphatic heterocycles. The van der Waals surface area contributed by atoms with Gasteiger partial charge >= 0.3 is 13.6 Å². The molecule has 1 N–H and O–H groups in total. The van der Waals surface area contributed by atoms with E-state index in [1.165, 1.54) is 0 Å². The predicted octanol–water partition coefficient (Wildman–Crippen LogP) is 1.61. The van der Waals surface area contributed by atoms with Gasteiger partial charge in [0.15, 0.2) is 7.28 Å². The second kappa shape index (κ2) is 5.34. The van der Waals surface area contributed by atoms with Gasteiger partial charge in [-0.05, 0) is 27.7 Å². The lowest BCUT2D eigenvalue weighted by Crippen LogP contribution is -2.41. The highest BCUT2D eigenvalue weighted by Crippen LogP contribution is 2.27. The largest absolute Gasteiger partial charge is 0.506 e. The average molecular weight is 242 g/mol. The van der Waals surface area contributed by atoms with E-state index in [1.54, 1.807) is 13.8 Å². The maximum atomic E-state index is 11.4. The molecule has 0 aromatic rings. The third-order valence-corrected chi connectivity index (χ3v) is 1.86. The highest BCUT2D eigenvalue weighted by molar-refractivity contribution is 6.43. The number of rotatable bonds is 4. The van der Waals surface area contributed by atoms with Crippen LogP contribution in [0.5, 0.6) is 0 Å². The highest BCUT2D eigenvalue weighted by atomic mass is 16.7. The van der Waals surface area contributed by atoms with E-state index < -0.39 is 17.2 Å². The van der Waals surface area contributed by atoms with Crippen LogP contribution in [-0.2, 0) is 9.39 Å². The van der Waals surface area contributed by atoms with Crippen LogP contribution in [0.2, 0.25) is 5.31 Å². The van der Waals surface area contributed by atoms with Crippen molar-refractivity contribution in [1.82, 2.24) is 0 Å². The second-order valence-corrected chi connectivity index (χ2v) is 6.95. The van der Waals surface area contributed by atoms with E-state index in [-0.39, 0.29) is 12.8 Å². The molecule has 0 saturated carbocycles. The highest BCUT2D eigenvalue weighted by Gasteiger charge is 2.32. The van der Waals surface area contributed by atoms with E-state index >= 15 is 0 Å². The van der Waals surface area contributed by atoms with Crippen LogP contribution in [0.3, 0.4) is 0 Å². The molecule has 0 radical (unpaired) electrons. The van der Waals surface area contributed by atoms with Gasteiger partial charge in [0.05, 0.1) is 11.0 Å². The van der Waals surface area contributed by atoms with Gasteiger partial charge in [-0.25, -0.2) is 4.79 Å². The molecule has 4 nitrogen and oxygen atoms in total. The monoisotopic (exact) mass is 242 g/mol. The van der Waals surface area contributed by atoms with Crippen molar-refractivity contribution < 1.29 is 19.3 Å². The quantitative estimate of drug-likeness (QED) is 0.600. The van der Waals surface area contributed by atoms with Crippen LogP contribution >= 0.6 is 0 Å². The van der Waals surface area contributed by atoms with Crippen LogP contribution in [0.1, 0.15) is 48.5 Å². The minimum atomic E-state index is -1.03. The van der Waals surface area contributed by atoms with E-state index in [0.717, 1.165) is 7.28 Å². The Bertz CT molecular complexity index is 264. The summed E-state index contributed by atoms with van der Waals surface area (Å²) in [5.74, 6) is 0. The number of ether oxygens (including phenoxy) is 1. The number of carbonyl (C=O) groups is 1. The van der Waals surface area contributed by atoms with E-state index in [4.69, 9.17) is 9.39 Å². The maximum absolute atomic E-state index is 11.4. The van der Waals surface area contributed by atoms with Gasteiger partial charge in [-0.15, -0.1) is 0 Å². The summed E-state index contributed by atoms with van der Waals surface area (Å²) >= 11 is 0. The Balaban J connectivity index is 4.19. The number of hydrogen-bond acceptors (Lipinski definition) is 4. The Morgan fingerprint density at radius 1 is 1.06 bits per heavy atom. The Labute approximate surface area is 106 Å². The number of aliphatic hydroxyl groups is 1. The number of carbonyl (C=O) groups excluding carboxylic acids is 1. The smallest absolute Gasteiger partial charge is 0.489 e. The molecule has 17 heavy (non-hydrogen) atoms. The maximum Gasteiger partial charge on any atom is 0.489 e. The van der Waals surface area contributed by atoms with Crippen molar-refractivity contribution >= 4 is 20.9 Å². The summed E-state index contributed by atoms with van der Waals surface area (Å²) in [5.41, 5.74) is -1.61. The summed E-state index contributed by atoms with van der Waals surface area (Å²) < 4.78 is 10.1. The fourth-order valence-corrected chi connectivity index (χ4v) is 1.80. The zero-order valence-electron chi connectivity index (χ0n) is 12.1. The first-order valence-corrected chi connectivity index (χ1v) is 5.89. The average Bonchev–Trinajstić information content (AvgIpc) is 1.93. The van der Waals surface area contributed by atoms with Gasteiger partial charge in [0.25, 0.3) is 0 Å². The predicted molar refractivity (Wildman–Crippen MR) is 72.0 cm³/mol. The molecule has 0 heterocycles. The summed E-state index contributed by atoms with van der Waals surface area (Å²) in [4.78, 5) is 11.4. The lowest BCUT2D eigenvalue weighted by molar-refractivity contribution is 0.0452. The third kappa shape index (κ3) is 10.2. The Hall–Kier alpha value is -0.640. The molecule has 98 valence electrons. The van der Waals surface area contributed by atoms with Crippen molar-refractivity contribution in [2.75, 3.05) is 0 Å². The molecular formula is C11H24B2O4. The lowest BCUT2D eigenvalue weighted by atomic mass is 9.46. The number of hydrogen-bond donors (Lipinski definition) is 1. The van der Waals surface area contributed by atoms with Crippen molar-refractivity contribution in [1.29, 1.82) is 0 Å². The summed E-state index contributed by atoms with van der Waals surface area (Å²) in [6.07, 6.45) is -0.735. The molecule has 0 fully saturated rings. The first-order chi connectivity index (χ1) is 7.31. The molecule has 0 unspecified atom stereocenters. The standard InChI is InChI=1S/C11H24B2O4/c1-9(2,3)12-11(6,7)16-8(14)17-13-10(4,5)15/h12-13,15H,1-7H3. The van der Waals surface area contributed by atoms with Gasteiger partial charge < -0.3 is 14.5 Å². The molecule has 0 bridgehead atoms. The first kappa shape index (κ1) is 16.4. The zero-order chi connectivity index (χ0) is 13.9. The van der Waals surface area contributed by atoms with Gasteiger partial charge in [0.1, 0.15) is 0 Å². The molecule has 0 rings (SSSR count). The van der Waals surface area contributed by atoms with Crippen molar-refractivity contribution in [3.05, 3.63) is 0 Å². The van der Waals surface area contributed by atoms with Crippen LogP contribution in [0.4, 0.5) is 4.79 Å². The van der Waals surface area contributed by atoms with E-state index in [2.05, 4.69) is 20.8 Å². The van der Waals surface area contributed by atoms with Crippen LogP contribution < -0.4 is 0 Å². The molecule has 0 aliphatic carbocycles. The Morgan fingerprint density at radius 3 is 1.88 bits per heavy atom. The van der Waals surface area contributed by atoms with Crippen LogP contribution in [-0.4, -0.2) is 37.0 Å². The zero-order valence-corrected chi connectivity index (χ0v) is 12.1. The van der Waals surface area contributed by atoms with Crippen molar-refractivity contribution in [2.45, 2.75) is 64.8 Å². The van der Waals surface area contributed by atoms with Crippen LogP contribution in [0, 0.1) is 0 Å². The molecule has 0 atom stereocenters. The van der Waals surface area contributed by atoms with Crippen LogP contribution in [0.15, 0.2) is 0 Å². The van der Waals surface area contributed by atoms with Gasteiger partial charge in [0, 0.05) is 0 Å². The van der Waals surface area contributed by atoms with E-state index in [1.807, 2.05) is 13.8 Å². The molecule has 0 aliphatic rings. The van der Waals surface area contributed by atoms with Gasteiger partial charge in [-0.3, -0.25) is 0 Å².